The summed E-state index contributed by atoms with van der Waals surface area (Å²) in [5.41, 5.74) is 0.624. The van der Waals surface area contributed by atoms with E-state index >= 15 is 0 Å². The second kappa shape index (κ2) is 5.35. The molecule has 0 radical (unpaired) electrons. The molecule has 0 saturated heterocycles. The standard InChI is InChI=1S/C13H8Cl2N2O4S/c14-8-2-1-3-9(15)12(8)17-22(19,20)7-4-5-10-11(6-7)21-13(18)16-10/h1-6,17H,(H,16,18). The van der Waals surface area contributed by atoms with Crippen LogP contribution in [0.1, 0.15) is 0 Å². The van der Waals surface area contributed by atoms with Gasteiger partial charge in [0, 0.05) is 6.07 Å². The highest BCUT2D eigenvalue weighted by Gasteiger charge is 2.19. The number of benzene rings is 2. The third-order valence-electron chi connectivity index (χ3n) is 2.90. The molecule has 6 nitrogen and oxygen atoms in total. The Kier molecular flexibility index (Phi) is 3.64. The van der Waals surface area contributed by atoms with Gasteiger partial charge in [-0.1, -0.05) is 29.3 Å². The summed E-state index contributed by atoms with van der Waals surface area (Å²) in [5, 5.41) is 0.343. The van der Waals surface area contributed by atoms with Crippen molar-refractivity contribution in [2.75, 3.05) is 4.72 Å². The molecular weight excluding hydrogens is 351 g/mol. The molecule has 3 rings (SSSR count). The van der Waals surface area contributed by atoms with Gasteiger partial charge in [0.15, 0.2) is 5.58 Å². The molecule has 3 aromatic rings. The van der Waals surface area contributed by atoms with Crippen LogP contribution in [0.3, 0.4) is 0 Å². The molecule has 1 heterocycles. The molecule has 0 amide bonds. The Bertz CT molecular complexity index is 1000. The van der Waals surface area contributed by atoms with Gasteiger partial charge in [-0.3, -0.25) is 9.71 Å². The Labute approximate surface area is 134 Å². The highest BCUT2D eigenvalue weighted by Crippen LogP contribution is 2.32. The lowest BCUT2D eigenvalue weighted by Crippen LogP contribution is -2.13. The fourth-order valence-electron chi connectivity index (χ4n) is 1.88. The van der Waals surface area contributed by atoms with E-state index in [-0.39, 0.29) is 26.2 Å². The van der Waals surface area contributed by atoms with Crippen molar-refractivity contribution in [1.29, 1.82) is 0 Å². The van der Waals surface area contributed by atoms with E-state index in [0.29, 0.717) is 5.52 Å². The van der Waals surface area contributed by atoms with E-state index in [0.717, 1.165) is 0 Å². The first-order chi connectivity index (χ1) is 10.4. The maximum atomic E-state index is 12.4. The van der Waals surface area contributed by atoms with Gasteiger partial charge >= 0.3 is 5.76 Å². The van der Waals surface area contributed by atoms with Crippen molar-refractivity contribution < 1.29 is 12.8 Å². The highest BCUT2D eigenvalue weighted by atomic mass is 35.5. The zero-order valence-corrected chi connectivity index (χ0v) is 13.1. The normalized spacial score (nSPS) is 11.7. The number of sulfonamides is 1. The smallest absolute Gasteiger partial charge is 0.408 e. The van der Waals surface area contributed by atoms with Gasteiger partial charge in [-0.15, -0.1) is 0 Å². The van der Waals surface area contributed by atoms with E-state index in [4.69, 9.17) is 27.6 Å². The molecule has 0 fully saturated rings. The van der Waals surface area contributed by atoms with Crippen molar-refractivity contribution in [2.24, 2.45) is 0 Å². The lowest BCUT2D eigenvalue weighted by molar-refractivity contribution is 0.554. The van der Waals surface area contributed by atoms with Crippen LogP contribution in [0.15, 0.2) is 50.5 Å². The summed E-state index contributed by atoms with van der Waals surface area (Å²) in [5.74, 6) is -0.661. The second-order valence-electron chi connectivity index (χ2n) is 4.37. The first-order valence-electron chi connectivity index (χ1n) is 5.96. The molecule has 2 N–H and O–H groups in total. The summed E-state index contributed by atoms with van der Waals surface area (Å²) in [6.45, 7) is 0. The van der Waals surface area contributed by atoms with Crippen LogP contribution in [0, 0.1) is 0 Å². The Balaban J connectivity index is 2.06. The molecular formula is C13H8Cl2N2O4S. The largest absolute Gasteiger partial charge is 0.417 e. The van der Waals surface area contributed by atoms with Crippen molar-refractivity contribution in [2.45, 2.75) is 4.90 Å². The van der Waals surface area contributed by atoms with Gasteiger partial charge in [-0.2, -0.15) is 0 Å². The van der Waals surface area contributed by atoms with Gasteiger partial charge in [0.1, 0.15) is 0 Å². The van der Waals surface area contributed by atoms with Crippen molar-refractivity contribution in [3.63, 3.8) is 0 Å². The van der Waals surface area contributed by atoms with Gasteiger partial charge in [0.2, 0.25) is 0 Å². The van der Waals surface area contributed by atoms with Crippen molar-refractivity contribution in [3.05, 3.63) is 57.0 Å². The van der Waals surface area contributed by atoms with Crippen molar-refractivity contribution >= 4 is 50.0 Å². The lowest BCUT2D eigenvalue weighted by Gasteiger charge is -2.11. The molecule has 114 valence electrons. The summed E-state index contributed by atoms with van der Waals surface area (Å²) < 4.78 is 32.0. The summed E-state index contributed by atoms with van der Waals surface area (Å²) in [6, 6.07) is 8.63. The minimum atomic E-state index is -3.94. The molecule has 0 bridgehead atoms. The van der Waals surface area contributed by atoms with Crippen LogP contribution in [0.5, 0.6) is 0 Å². The maximum Gasteiger partial charge on any atom is 0.417 e. The van der Waals surface area contributed by atoms with Gasteiger partial charge in [0.05, 0.1) is 26.1 Å². The third kappa shape index (κ3) is 2.70. The summed E-state index contributed by atoms with van der Waals surface area (Å²) >= 11 is 11.9. The number of hydrogen-bond donors (Lipinski definition) is 2. The molecule has 9 heteroatoms. The molecule has 0 aliphatic heterocycles. The lowest BCUT2D eigenvalue weighted by atomic mass is 10.3. The Morgan fingerprint density at radius 2 is 1.77 bits per heavy atom. The predicted octanol–water partition coefficient (Wildman–Crippen LogP) is 3.23. The number of para-hydroxylation sites is 1. The van der Waals surface area contributed by atoms with Crippen LogP contribution < -0.4 is 10.5 Å². The number of nitrogens with one attached hydrogen (secondary N) is 2. The van der Waals surface area contributed by atoms with Crippen molar-refractivity contribution in [3.8, 4) is 0 Å². The average molecular weight is 359 g/mol. The first-order valence-corrected chi connectivity index (χ1v) is 8.20. The molecule has 1 aromatic heterocycles. The first kappa shape index (κ1) is 15.0. The number of rotatable bonds is 3. The fourth-order valence-corrected chi connectivity index (χ4v) is 3.60. The Morgan fingerprint density at radius 1 is 1.09 bits per heavy atom. The third-order valence-corrected chi connectivity index (χ3v) is 4.88. The monoisotopic (exact) mass is 358 g/mol. The van der Waals surface area contributed by atoms with E-state index < -0.39 is 15.8 Å². The quantitative estimate of drug-likeness (QED) is 0.751. The van der Waals surface area contributed by atoms with Crippen LogP contribution in [0.25, 0.3) is 11.1 Å². The number of oxazole rings is 1. The summed E-state index contributed by atoms with van der Waals surface area (Å²) in [7, 11) is -3.94. The Morgan fingerprint density at radius 3 is 2.45 bits per heavy atom. The summed E-state index contributed by atoms with van der Waals surface area (Å²) in [6.07, 6.45) is 0. The molecule has 0 unspecified atom stereocenters. The Hall–Kier alpha value is -1.96. The molecule has 0 saturated carbocycles. The molecule has 0 atom stereocenters. The minimum Gasteiger partial charge on any atom is -0.408 e. The SMILES string of the molecule is O=c1[nH]c2ccc(S(=O)(=O)Nc3c(Cl)cccc3Cl)cc2o1. The van der Waals surface area contributed by atoms with Gasteiger partial charge in [-0.05, 0) is 24.3 Å². The van der Waals surface area contributed by atoms with Crippen LogP contribution in [0.2, 0.25) is 10.0 Å². The van der Waals surface area contributed by atoms with Gasteiger partial charge in [-0.25, -0.2) is 13.2 Å². The van der Waals surface area contributed by atoms with Crippen LogP contribution >= 0.6 is 23.2 Å². The number of anilines is 1. The van der Waals surface area contributed by atoms with Gasteiger partial charge in [0.25, 0.3) is 10.0 Å². The number of H-pyrrole nitrogens is 1. The van der Waals surface area contributed by atoms with Crippen molar-refractivity contribution in [1.82, 2.24) is 4.98 Å². The van der Waals surface area contributed by atoms with Crippen LogP contribution in [-0.2, 0) is 10.0 Å². The van der Waals surface area contributed by atoms with E-state index in [2.05, 4.69) is 9.71 Å². The molecule has 2 aromatic carbocycles. The van der Waals surface area contributed by atoms with Crippen LogP contribution in [-0.4, -0.2) is 13.4 Å². The number of aromatic nitrogens is 1. The van der Waals surface area contributed by atoms with E-state index in [9.17, 15) is 13.2 Å². The van der Waals surface area contributed by atoms with Crippen LogP contribution in [0.4, 0.5) is 5.69 Å². The fraction of sp³-hybridized carbons (Fsp3) is 0. The maximum absolute atomic E-state index is 12.4. The average Bonchev–Trinajstić information content (AvgIpc) is 2.82. The molecule has 0 aliphatic rings. The number of halogens is 2. The zero-order valence-electron chi connectivity index (χ0n) is 10.8. The number of fused-ring (bicyclic) bond motifs is 1. The number of aromatic amines is 1. The van der Waals surface area contributed by atoms with E-state index in [1.54, 1.807) is 6.07 Å². The predicted molar refractivity (Wildman–Crippen MR) is 84.1 cm³/mol. The van der Waals surface area contributed by atoms with E-state index in [1.165, 1.54) is 30.3 Å². The molecule has 0 aliphatic carbocycles. The minimum absolute atomic E-state index is 0.0845. The van der Waals surface area contributed by atoms with Gasteiger partial charge < -0.3 is 4.42 Å². The molecule has 22 heavy (non-hydrogen) atoms. The van der Waals surface area contributed by atoms with E-state index in [1.807, 2.05) is 0 Å². The summed E-state index contributed by atoms with van der Waals surface area (Å²) in [4.78, 5) is 13.4. The topological polar surface area (TPSA) is 92.2 Å². The second-order valence-corrected chi connectivity index (χ2v) is 6.87. The zero-order chi connectivity index (χ0) is 15.9. The highest BCUT2D eigenvalue weighted by molar-refractivity contribution is 7.92. The molecule has 0 spiro atoms. The number of hydrogen-bond acceptors (Lipinski definition) is 4.